The minimum atomic E-state index is 0.0579. The fourth-order valence-electron chi connectivity index (χ4n) is 4.42. The number of fused-ring (bicyclic) bond motifs is 1. The molecule has 2 aromatic rings. The van der Waals surface area contributed by atoms with Gasteiger partial charge in [-0.3, -0.25) is 9.69 Å². The Morgan fingerprint density at radius 2 is 2.00 bits per heavy atom. The minimum Gasteiger partial charge on any atom is -0.337 e. The Balaban J connectivity index is 1.41. The first-order chi connectivity index (χ1) is 13.6. The number of likely N-dealkylation sites (N-methyl/N-ethyl adjacent to an activating group) is 1. The number of tetrazole rings is 1. The molecule has 0 saturated carbocycles. The van der Waals surface area contributed by atoms with Crippen molar-refractivity contribution in [3.8, 4) is 0 Å². The third kappa shape index (κ3) is 4.09. The van der Waals surface area contributed by atoms with Crippen molar-refractivity contribution in [1.82, 2.24) is 30.0 Å². The zero-order valence-electron chi connectivity index (χ0n) is 16.9. The van der Waals surface area contributed by atoms with Crippen molar-refractivity contribution in [2.45, 2.75) is 58.2 Å². The van der Waals surface area contributed by atoms with Gasteiger partial charge in [0.15, 0.2) is 5.82 Å². The van der Waals surface area contributed by atoms with Crippen LogP contribution in [0.5, 0.6) is 0 Å². The molecule has 0 N–H and O–H groups in total. The molecule has 1 atom stereocenters. The van der Waals surface area contributed by atoms with Gasteiger partial charge in [-0.05, 0) is 72.7 Å². The van der Waals surface area contributed by atoms with Crippen LogP contribution >= 0.6 is 0 Å². The normalized spacial score (nSPS) is 20.7. The van der Waals surface area contributed by atoms with Crippen molar-refractivity contribution in [2.75, 3.05) is 20.1 Å². The molecule has 7 nitrogen and oxygen atoms in total. The summed E-state index contributed by atoms with van der Waals surface area (Å²) in [5.41, 5.74) is 2.64. The van der Waals surface area contributed by atoms with Gasteiger partial charge in [-0.2, -0.15) is 0 Å². The lowest BCUT2D eigenvalue weighted by Crippen LogP contribution is -2.37. The van der Waals surface area contributed by atoms with Crippen molar-refractivity contribution >= 4 is 5.91 Å². The molecule has 1 aliphatic carbocycles. The van der Waals surface area contributed by atoms with Crippen LogP contribution in [0.2, 0.25) is 0 Å². The molecule has 1 saturated heterocycles. The number of aryl methyl sites for hydroxylation is 1. The molecule has 1 aromatic heterocycles. The number of hydrogen-bond donors (Lipinski definition) is 0. The van der Waals surface area contributed by atoms with E-state index in [2.05, 4.69) is 51.6 Å². The molecule has 1 unspecified atom stereocenters. The van der Waals surface area contributed by atoms with Crippen molar-refractivity contribution in [3.63, 3.8) is 0 Å². The molecule has 4 rings (SSSR count). The summed E-state index contributed by atoms with van der Waals surface area (Å²) in [7, 11) is 1.91. The number of carbonyl (C=O) groups is 1. The van der Waals surface area contributed by atoms with E-state index in [1.807, 2.05) is 11.9 Å². The van der Waals surface area contributed by atoms with Crippen LogP contribution in [0.4, 0.5) is 0 Å². The highest BCUT2D eigenvalue weighted by molar-refractivity contribution is 5.76. The van der Waals surface area contributed by atoms with Crippen LogP contribution in [0, 0.1) is 5.92 Å². The van der Waals surface area contributed by atoms with Gasteiger partial charge in [0, 0.05) is 7.05 Å². The first-order valence-electron chi connectivity index (χ1n) is 10.4. The molecular formula is C21H30N6O. The molecule has 7 heteroatoms. The molecule has 1 amide bonds. The van der Waals surface area contributed by atoms with Gasteiger partial charge in [0.05, 0.1) is 12.6 Å². The average Bonchev–Trinajstić information content (AvgIpc) is 3.15. The minimum absolute atomic E-state index is 0.0579. The molecule has 0 spiro atoms. The first-order valence-corrected chi connectivity index (χ1v) is 10.4. The van der Waals surface area contributed by atoms with E-state index >= 15 is 0 Å². The van der Waals surface area contributed by atoms with Gasteiger partial charge < -0.3 is 4.90 Å². The molecule has 0 radical (unpaired) electrons. The fourth-order valence-corrected chi connectivity index (χ4v) is 4.42. The standard InChI is InChI=1S/C21H30N6O/c1-16-10-12-26(13-11-16)14-20-22-23-24-27(20)15-21(28)25(2)19-9-5-7-17-6-3-4-8-18(17)19/h3-4,6,8,16,19H,5,7,9-15H2,1-2H3. The number of piperidine rings is 1. The molecular weight excluding hydrogens is 352 g/mol. The zero-order valence-corrected chi connectivity index (χ0v) is 16.9. The Labute approximate surface area is 166 Å². The number of hydrogen-bond acceptors (Lipinski definition) is 5. The van der Waals surface area contributed by atoms with Crippen LogP contribution in [0.1, 0.15) is 55.6 Å². The highest BCUT2D eigenvalue weighted by Crippen LogP contribution is 2.33. The van der Waals surface area contributed by atoms with Crippen molar-refractivity contribution in [2.24, 2.45) is 5.92 Å². The Morgan fingerprint density at radius 1 is 1.21 bits per heavy atom. The van der Waals surface area contributed by atoms with Gasteiger partial charge in [0.1, 0.15) is 6.54 Å². The summed E-state index contributed by atoms with van der Waals surface area (Å²) in [6, 6.07) is 8.62. The van der Waals surface area contributed by atoms with E-state index in [1.165, 1.54) is 24.0 Å². The summed E-state index contributed by atoms with van der Waals surface area (Å²) in [5, 5.41) is 12.1. The van der Waals surface area contributed by atoms with E-state index < -0.39 is 0 Å². The van der Waals surface area contributed by atoms with Crippen LogP contribution < -0.4 is 0 Å². The lowest BCUT2D eigenvalue weighted by atomic mass is 9.87. The maximum absolute atomic E-state index is 13.0. The van der Waals surface area contributed by atoms with Gasteiger partial charge in [-0.25, -0.2) is 4.68 Å². The molecule has 1 aromatic carbocycles. The second-order valence-corrected chi connectivity index (χ2v) is 8.32. The summed E-state index contributed by atoms with van der Waals surface area (Å²) in [6.07, 6.45) is 5.64. The smallest absolute Gasteiger partial charge is 0.244 e. The van der Waals surface area contributed by atoms with Gasteiger partial charge in [-0.15, -0.1) is 5.10 Å². The maximum Gasteiger partial charge on any atom is 0.244 e. The highest BCUT2D eigenvalue weighted by Gasteiger charge is 2.27. The number of carbonyl (C=O) groups excluding carboxylic acids is 1. The second-order valence-electron chi connectivity index (χ2n) is 8.32. The predicted octanol–water partition coefficient (Wildman–Crippen LogP) is 2.44. The van der Waals surface area contributed by atoms with E-state index in [1.54, 1.807) is 4.68 Å². The molecule has 1 aliphatic heterocycles. The molecule has 28 heavy (non-hydrogen) atoms. The molecule has 0 bridgehead atoms. The van der Waals surface area contributed by atoms with Gasteiger partial charge in [-0.1, -0.05) is 31.2 Å². The quantitative estimate of drug-likeness (QED) is 0.795. The summed E-state index contributed by atoms with van der Waals surface area (Å²) in [6.45, 7) is 5.35. The van der Waals surface area contributed by atoms with Crippen molar-refractivity contribution in [1.29, 1.82) is 0 Å². The van der Waals surface area contributed by atoms with Crippen LogP contribution in [-0.4, -0.2) is 56.1 Å². The third-order valence-electron chi connectivity index (χ3n) is 6.33. The van der Waals surface area contributed by atoms with E-state index in [4.69, 9.17) is 0 Å². The Morgan fingerprint density at radius 3 is 2.82 bits per heavy atom. The van der Waals surface area contributed by atoms with Crippen LogP contribution in [0.15, 0.2) is 24.3 Å². The SMILES string of the molecule is CC1CCN(Cc2nnnn2CC(=O)N(C)C2CCCc3ccccc32)CC1. The number of likely N-dealkylation sites (tertiary alicyclic amines) is 1. The monoisotopic (exact) mass is 382 g/mol. The number of amides is 1. The summed E-state index contributed by atoms with van der Waals surface area (Å²) >= 11 is 0. The average molecular weight is 383 g/mol. The third-order valence-corrected chi connectivity index (χ3v) is 6.33. The van der Waals surface area contributed by atoms with Crippen LogP contribution in [-0.2, 0) is 24.3 Å². The Bertz CT molecular complexity index is 811. The Kier molecular flexibility index (Phi) is 5.71. The van der Waals surface area contributed by atoms with Crippen LogP contribution in [0.25, 0.3) is 0 Å². The number of aromatic nitrogens is 4. The van der Waals surface area contributed by atoms with E-state index in [0.29, 0.717) is 6.54 Å². The van der Waals surface area contributed by atoms with Crippen LogP contribution in [0.3, 0.4) is 0 Å². The summed E-state index contributed by atoms with van der Waals surface area (Å²) in [4.78, 5) is 17.3. The van der Waals surface area contributed by atoms with Gasteiger partial charge >= 0.3 is 0 Å². The fraction of sp³-hybridized carbons (Fsp3) is 0.619. The number of rotatable bonds is 5. The van der Waals surface area contributed by atoms with Crippen molar-refractivity contribution in [3.05, 3.63) is 41.2 Å². The van der Waals surface area contributed by atoms with E-state index in [9.17, 15) is 4.79 Å². The summed E-state index contributed by atoms with van der Waals surface area (Å²) in [5.74, 6) is 1.63. The zero-order chi connectivity index (χ0) is 19.5. The lowest BCUT2D eigenvalue weighted by molar-refractivity contribution is -0.133. The topological polar surface area (TPSA) is 67.2 Å². The molecule has 2 aliphatic rings. The first kappa shape index (κ1) is 19.1. The largest absolute Gasteiger partial charge is 0.337 e. The molecule has 1 fully saturated rings. The highest BCUT2D eigenvalue weighted by atomic mass is 16.2. The number of benzene rings is 1. The number of nitrogens with zero attached hydrogens (tertiary/aromatic N) is 6. The van der Waals surface area contributed by atoms with Crippen molar-refractivity contribution < 1.29 is 4.79 Å². The van der Waals surface area contributed by atoms with Gasteiger partial charge in [0.25, 0.3) is 0 Å². The van der Waals surface area contributed by atoms with E-state index in [0.717, 1.165) is 44.1 Å². The second kappa shape index (κ2) is 8.39. The molecule has 150 valence electrons. The maximum atomic E-state index is 13.0. The van der Waals surface area contributed by atoms with E-state index in [-0.39, 0.29) is 18.5 Å². The molecule has 2 heterocycles. The Hall–Kier alpha value is -2.28. The van der Waals surface area contributed by atoms with Gasteiger partial charge in [0.2, 0.25) is 5.91 Å². The lowest BCUT2D eigenvalue weighted by Gasteiger charge is -2.33. The predicted molar refractivity (Wildman–Crippen MR) is 106 cm³/mol. The summed E-state index contributed by atoms with van der Waals surface area (Å²) < 4.78 is 1.67.